The third-order valence-corrected chi connectivity index (χ3v) is 4.28. The summed E-state index contributed by atoms with van der Waals surface area (Å²) in [5.74, 6) is 5.58. The van der Waals surface area contributed by atoms with Crippen LogP contribution in [0.15, 0.2) is 24.3 Å². The molecule has 0 saturated carbocycles. The topological polar surface area (TPSA) is 52.6 Å². The van der Waals surface area contributed by atoms with Crippen molar-refractivity contribution in [2.45, 2.75) is 51.7 Å². The number of benzene rings is 1. The maximum atomic E-state index is 12.4. The van der Waals surface area contributed by atoms with Crippen LogP contribution in [0.25, 0.3) is 0 Å². The van der Waals surface area contributed by atoms with Crippen molar-refractivity contribution in [1.29, 1.82) is 0 Å². The Morgan fingerprint density at radius 1 is 1.25 bits per heavy atom. The van der Waals surface area contributed by atoms with E-state index in [-0.39, 0.29) is 11.4 Å². The monoisotopic (exact) mass is 328 g/mol. The van der Waals surface area contributed by atoms with E-state index in [9.17, 15) is 9.90 Å². The smallest absolute Gasteiger partial charge is 0.251 e. The molecule has 0 radical (unpaired) electrons. The van der Waals surface area contributed by atoms with Crippen LogP contribution in [-0.4, -0.2) is 46.7 Å². The minimum atomic E-state index is -1.04. The van der Waals surface area contributed by atoms with Crippen molar-refractivity contribution in [1.82, 2.24) is 10.2 Å². The van der Waals surface area contributed by atoms with Crippen LogP contribution >= 0.6 is 0 Å². The van der Waals surface area contributed by atoms with E-state index in [0.717, 1.165) is 18.7 Å². The Balaban J connectivity index is 2.00. The maximum Gasteiger partial charge on any atom is 0.251 e. The molecule has 1 amide bonds. The standard InChI is InChI=1S/C20H28N2O2/c1-19(2,22-12-5-6-13-22)15-21-18(23)17-9-7-8-16(14-17)10-11-20(3,4)24/h7-9,14,24H,5-6,12-13,15H2,1-4H3,(H,21,23). The lowest BCUT2D eigenvalue weighted by Gasteiger charge is -2.35. The lowest BCUT2D eigenvalue weighted by molar-refractivity contribution is 0.0902. The van der Waals surface area contributed by atoms with E-state index < -0.39 is 5.60 Å². The van der Waals surface area contributed by atoms with Crippen LogP contribution in [0.5, 0.6) is 0 Å². The fraction of sp³-hybridized carbons (Fsp3) is 0.550. The summed E-state index contributed by atoms with van der Waals surface area (Å²) in [5, 5.41) is 12.7. The Morgan fingerprint density at radius 2 is 1.92 bits per heavy atom. The molecule has 1 saturated heterocycles. The molecule has 1 fully saturated rings. The van der Waals surface area contributed by atoms with E-state index in [1.54, 1.807) is 26.0 Å². The second-order valence-electron chi connectivity index (χ2n) is 7.58. The first-order chi connectivity index (χ1) is 11.2. The van der Waals surface area contributed by atoms with E-state index in [4.69, 9.17) is 0 Å². The molecule has 0 unspecified atom stereocenters. The van der Waals surface area contributed by atoms with Crippen LogP contribution in [0, 0.1) is 11.8 Å². The molecular weight excluding hydrogens is 300 g/mol. The summed E-state index contributed by atoms with van der Waals surface area (Å²) in [6, 6.07) is 7.20. The highest BCUT2D eigenvalue weighted by molar-refractivity contribution is 5.94. The van der Waals surface area contributed by atoms with Gasteiger partial charge in [-0.25, -0.2) is 0 Å². The number of carbonyl (C=O) groups is 1. The molecule has 4 nitrogen and oxygen atoms in total. The third-order valence-electron chi connectivity index (χ3n) is 4.28. The van der Waals surface area contributed by atoms with Gasteiger partial charge in [0, 0.05) is 23.2 Å². The molecule has 0 atom stereocenters. The lowest BCUT2D eigenvalue weighted by Crippen LogP contribution is -2.50. The fourth-order valence-electron chi connectivity index (χ4n) is 2.80. The number of rotatable bonds is 4. The Morgan fingerprint density at radius 3 is 2.54 bits per heavy atom. The van der Waals surface area contributed by atoms with Gasteiger partial charge in [0.05, 0.1) is 0 Å². The Labute approximate surface area is 145 Å². The van der Waals surface area contributed by atoms with Crippen LogP contribution in [0.4, 0.5) is 0 Å². The largest absolute Gasteiger partial charge is 0.378 e. The third kappa shape index (κ3) is 5.36. The Bertz CT molecular complexity index is 642. The Kier molecular flexibility index (Phi) is 5.69. The van der Waals surface area contributed by atoms with Gasteiger partial charge in [-0.3, -0.25) is 9.69 Å². The quantitative estimate of drug-likeness (QED) is 0.835. The van der Waals surface area contributed by atoms with Crippen molar-refractivity contribution >= 4 is 5.91 Å². The summed E-state index contributed by atoms with van der Waals surface area (Å²) >= 11 is 0. The number of amides is 1. The van der Waals surface area contributed by atoms with Crippen LogP contribution in [0.2, 0.25) is 0 Å². The lowest BCUT2D eigenvalue weighted by atomic mass is 10.0. The molecule has 130 valence electrons. The van der Waals surface area contributed by atoms with E-state index in [1.807, 2.05) is 12.1 Å². The molecule has 2 N–H and O–H groups in total. The van der Waals surface area contributed by atoms with Crippen molar-refractivity contribution in [3.05, 3.63) is 35.4 Å². The van der Waals surface area contributed by atoms with Crippen molar-refractivity contribution in [2.75, 3.05) is 19.6 Å². The predicted octanol–water partition coefficient (Wildman–Crippen LogP) is 2.41. The number of likely N-dealkylation sites (tertiary alicyclic amines) is 1. The first-order valence-electron chi connectivity index (χ1n) is 8.56. The average Bonchev–Trinajstić information content (AvgIpc) is 3.06. The number of nitrogens with one attached hydrogen (secondary N) is 1. The molecule has 1 aliphatic heterocycles. The molecule has 1 heterocycles. The minimum Gasteiger partial charge on any atom is -0.378 e. The van der Waals surface area contributed by atoms with Crippen LogP contribution in [0.1, 0.15) is 56.5 Å². The van der Waals surface area contributed by atoms with Gasteiger partial charge in [-0.15, -0.1) is 0 Å². The van der Waals surface area contributed by atoms with Gasteiger partial charge in [0.15, 0.2) is 0 Å². The summed E-state index contributed by atoms with van der Waals surface area (Å²) in [4.78, 5) is 14.9. The summed E-state index contributed by atoms with van der Waals surface area (Å²) in [5.41, 5.74) is 0.237. The second kappa shape index (κ2) is 7.38. The van der Waals surface area contributed by atoms with Crippen LogP contribution in [0.3, 0.4) is 0 Å². The number of hydrogen-bond acceptors (Lipinski definition) is 3. The van der Waals surface area contributed by atoms with Gasteiger partial charge < -0.3 is 10.4 Å². The highest BCUT2D eigenvalue weighted by Crippen LogP contribution is 2.20. The summed E-state index contributed by atoms with van der Waals surface area (Å²) in [6.07, 6.45) is 2.47. The molecule has 1 aromatic rings. The fourth-order valence-corrected chi connectivity index (χ4v) is 2.80. The molecule has 24 heavy (non-hydrogen) atoms. The molecule has 0 spiro atoms. The van der Waals surface area contributed by atoms with E-state index in [1.165, 1.54) is 12.8 Å². The predicted molar refractivity (Wildman–Crippen MR) is 96.8 cm³/mol. The highest BCUT2D eigenvalue weighted by Gasteiger charge is 2.29. The average molecular weight is 328 g/mol. The van der Waals surface area contributed by atoms with Crippen LogP contribution < -0.4 is 5.32 Å². The molecule has 2 rings (SSSR count). The molecule has 1 aliphatic rings. The summed E-state index contributed by atoms with van der Waals surface area (Å²) < 4.78 is 0. The SMILES string of the molecule is CC(C)(O)C#Cc1cccc(C(=O)NCC(C)(C)N2CCCC2)c1. The molecule has 4 heteroatoms. The van der Waals surface area contributed by atoms with Gasteiger partial charge >= 0.3 is 0 Å². The van der Waals surface area contributed by atoms with Gasteiger partial charge in [0.1, 0.15) is 5.60 Å². The van der Waals surface area contributed by atoms with Gasteiger partial charge in [-0.05, 0) is 71.8 Å². The Hall–Kier alpha value is -1.83. The second-order valence-corrected chi connectivity index (χ2v) is 7.58. The van der Waals surface area contributed by atoms with E-state index in [2.05, 4.69) is 35.9 Å². The number of aliphatic hydroxyl groups is 1. The zero-order chi connectivity index (χ0) is 17.8. The zero-order valence-electron chi connectivity index (χ0n) is 15.1. The van der Waals surface area contributed by atoms with Crippen molar-refractivity contribution in [3.63, 3.8) is 0 Å². The molecule has 0 aliphatic carbocycles. The molecule has 1 aromatic carbocycles. The minimum absolute atomic E-state index is 0.0372. The number of nitrogens with zero attached hydrogens (tertiary/aromatic N) is 1. The maximum absolute atomic E-state index is 12.4. The highest BCUT2D eigenvalue weighted by atomic mass is 16.3. The number of hydrogen-bond donors (Lipinski definition) is 2. The molecule has 0 bridgehead atoms. The zero-order valence-corrected chi connectivity index (χ0v) is 15.1. The van der Waals surface area contributed by atoms with Crippen molar-refractivity contribution < 1.29 is 9.90 Å². The van der Waals surface area contributed by atoms with E-state index in [0.29, 0.717) is 12.1 Å². The van der Waals surface area contributed by atoms with E-state index >= 15 is 0 Å². The summed E-state index contributed by atoms with van der Waals surface area (Å²) in [7, 11) is 0. The normalized spacial score (nSPS) is 15.7. The first kappa shape index (κ1) is 18.5. The van der Waals surface area contributed by atoms with Gasteiger partial charge in [-0.1, -0.05) is 17.9 Å². The molecular formula is C20H28N2O2. The van der Waals surface area contributed by atoms with Crippen molar-refractivity contribution in [3.8, 4) is 11.8 Å². The van der Waals surface area contributed by atoms with Gasteiger partial charge in [0.25, 0.3) is 5.91 Å². The summed E-state index contributed by atoms with van der Waals surface area (Å²) in [6.45, 7) is 10.4. The molecule has 0 aromatic heterocycles. The number of carbonyl (C=O) groups excluding carboxylic acids is 1. The first-order valence-corrected chi connectivity index (χ1v) is 8.56. The van der Waals surface area contributed by atoms with Crippen molar-refractivity contribution in [2.24, 2.45) is 0 Å². The van der Waals surface area contributed by atoms with Gasteiger partial charge in [-0.2, -0.15) is 0 Å². The van der Waals surface area contributed by atoms with Gasteiger partial charge in [0.2, 0.25) is 0 Å². The van der Waals surface area contributed by atoms with Crippen LogP contribution in [-0.2, 0) is 0 Å².